The monoisotopic (exact) mass is 448 g/mol. The van der Waals surface area contributed by atoms with Gasteiger partial charge in [0.25, 0.3) is 5.91 Å². The molecule has 2 N–H and O–H groups in total. The number of carbonyl (C=O) groups excluding carboxylic acids is 3. The highest BCUT2D eigenvalue weighted by Crippen LogP contribution is 2.34. The summed E-state index contributed by atoms with van der Waals surface area (Å²) in [5, 5.41) is 13.7. The number of carbonyl (C=O) groups is 3. The lowest BCUT2D eigenvalue weighted by Gasteiger charge is -2.38. The van der Waals surface area contributed by atoms with E-state index in [1.807, 2.05) is 6.07 Å². The largest absolute Gasteiger partial charge is 0.383 e. The fourth-order valence-electron chi connectivity index (χ4n) is 5.03. The zero-order chi connectivity index (χ0) is 23.0. The van der Waals surface area contributed by atoms with Crippen LogP contribution in [0.1, 0.15) is 53.0 Å². The Labute approximate surface area is 192 Å². The summed E-state index contributed by atoms with van der Waals surface area (Å²) in [4.78, 5) is 45.1. The van der Waals surface area contributed by atoms with Gasteiger partial charge in [0.15, 0.2) is 0 Å². The third kappa shape index (κ3) is 4.28. The summed E-state index contributed by atoms with van der Waals surface area (Å²) < 4.78 is 0. The van der Waals surface area contributed by atoms with Crippen molar-refractivity contribution in [3.05, 3.63) is 65.0 Å². The average molecular weight is 449 g/mol. The number of piperidine rings is 2. The number of hydrogen-bond donors (Lipinski definition) is 2. The molecule has 3 amide bonds. The first-order chi connectivity index (χ1) is 15.9. The highest BCUT2D eigenvalue weighted by Gasteiger charge is 2.41. The zero-order valence-electron chi connectivity index (χ0n) is 18.5. The molecule has 3 aliphatic rings. The molecule has 3 aliphatic heterocycles. The highest BCUT2D eigenvalue weighted by molar-refractivity contribution is 6.05. The highest BCUT2D eigenvalue weighted by atomic mass is 16.3. The molecule has 5 rings (SSSR count). The molecule has 2 fully saturated rings. The minimum absolute atomic E-state index is 0.216. The van der Waals surface area contributed by atoms with Gasteiger partial charge in [-0.1, -0.05) is 30.3 Å². The summed E-state index contributed by atoms with van der Waals surface area (Å²) in [5.41, 5.74) is 1.92. The van der Waals surface area contributed by atoms with Gasteiger partial charge in [-0.3, -0.25) is 24.7 Å². The summed E-state index contributed by atoms with van der Waals surface area (Å²) in [6.45, 7) is 2.73. The van der Waals surface area contributed by atoms with Crippen LogP contribution in [-0.4, -0.2) is 63.3 Å². The number of aromatic nitrogens is 1. The Kier molecular flexibility index (Phi) is 5.72. The quantitative estimate of drug-likeness (QED) is 0.670. The Morgan fingerprint density at radius 3 is 2.55 bits per heavy atom. The van der Waals surface area contributed by atoms with Crippen molar-refractivity contribution in [3.63, 3.8) is 0 Å². The van der Waals surface area contributed by atoms with E-state index in [-0.39, 0.29) is 24.8 Å². The Bertz CT molecular complexity index is 1080. The van der Waals surface area contributed by atoms with Crippen LogP contribution in [0.3, 0.4) is 0 Å². The number of imide groups is 1. The second-order valence-electron chi connectivity index (χ2n) is 9.20. The van der Waals surface area contributed by atoms with Crippen LogP contribution < -0.4 is 5.32 Å². The molecule has 0 radical (unpaired) electrons. The van der Waals surface area contributed by atoms with Crippen molar-refractivity contribution in [2.75, 3.05) is 19.6 Å². The molecule has 33 heavy (non-hydrogen) atoms. The van der Waals surface area contributed by atoms with E-state index in [0.29, 0.717) is 36.2 Å². The van der Waals surface area contributed by atoms with E-state index in [1.54, 1.807) is 12.1 Å². The van der Waals surface area contributed by atoms with E-state index in [4.69, 9.17) is 0 Å². The predicted molar refractivity (Wildman–Crippen MR) is 120 cm³/mol. The third-order valence-electron chi connectivity index (χ3n) is 7.09. The molecule has 4 heterocycles. The van der Waals surface area contributed by atoms with Gasteiger partial charge >= 0.3 is 0 Å². The number of fused-ring (bicyclic) bond motifs is 1. The Morgan fingerprint density at radius 1 is 1.06 bits per heavy atom. The summed E-state index contributed by atoms with van der Waals surface area (Å²) in [5.74, 6) is -0.992. The van der Waals surface area contributed by atoms with Crippen LogP contribution in [0.15, 0.2) is 42.5 Å². The average Bonchev–Trinajstić information content (AvgIpc) is 3.15. The first kappa shape index (κ1) is 21.7. The van der Waals surface area contributed by atoms with Crippen LogP contribution in [0.4, 0.5) is 0 Å². The molecule has 0 spiro atoms. The molecule has 1 atom stereocenters. The van der Waals surface area contributed by atoms with Gasteiger partial charge in [0.2, 0.25) is 11.8 Å². The predicted octanol–water partition coefficient (Wildman–Crippen LogP) is 1.37. The maximum absolute atomic E-state index is 12.9. The topological polar surface area (TPSA) is 103 Å². The number of rotatable bonds is 5. The Hall–Kier alpha value is -3.10. The molecule has 1 aromatic heterocycles. The minimum Gasteiger partial charge on any atom is -0.383 e. The Balaban J connectivity index is 1.23. The number of amides is 3. The molecule has 1 unspecified atom stereocenters. The lowest BCUT2D eigenvalue weighted by atomic mass is 9.87. The number of hydrogen-bond acceptors (Lipinski definition) is 6. The number of nitrogens with one attached hydrogen (secondary N) is 1. The molecular formula is C25H28N4O4. The fraction of sp³-hybridized carbons (Fsp3) is 0.440. The van der Waals surface area contributed by atoms with Crippen molar-refractivity contribution >= 4 is 17.7 Å². The number of pyridine rings is 1. The fourth-order valence-corrected chi connectivity index (χ4v) is 5.03. The van der Waals surface area contributed by atoms with E-state index >= 15 is 0 Å². The lowest BCUT2D eigenvalue weighted by molar-refractivity contribution is -0.136. The van der Waals surface area contributed by atoms with Gasteiger partial charge in [0.1, 0.15) is 11.6 Å². The normalized spacial score (nSPS) is 22.9. The van der Waals surface area contributed by atoms with Crippen molar-refractivity contribution in [1.82, 2.24) is 20.1 Å². The van der Waals surface area contributed by atoms with Crippen molar-refractivity contribution < 1.29 is 19.5 Å². The van der Waals surface area contributed by atoms with Gasteiger partial charge in [-0.05, 0) is 43.4 Å². The van der Waals surface area contributed by atoms with Crippen LogP contribution >= 0.6 is 0 Å². The molecule has 0 bridgehead atoms. The van der Waals surface area contributed by atoms with E-state index in [9.17, 15) is 19.5 Å². The molecule has 8 heteroatoms. The molecule has 1 aromatic carbocycles. The molecular weight excluding hydrogens is 420 g/mol. The summed E-state index contributed by atoms with van der Waals surface area (Å²) in [7, 11) is 0. The van der Waals surface area contributed by atoms with E-state index in [1.165, 1.54) is 10.5 Å². The van der Waals surface area contributed by atoms with Gasteiger partial charge in [0, 0.05) is 26.1 Å². The molecule has 172 valence electrons. The maximum atomic E-state index is 12.9. The smallest absolute Gasteiger partial charge is 0.256 e. The van der Waals surface area contributed by atoms with Gasteiger partial charge in [-0.2, -0.15) is 0 Å². The first-order valence-electron chi connectivity index (χ1n) is 11.6. The minimum atomic E-state index is -1.02. The van der Waals surface area contributed by atoms with Crippen molar-refractivity contribution in [1.29, 1.82) is 0 Å². The van der Waals surface area contributed by atoms with Crippen LogP contribution in [0, 0.1) is 0 Å². The summed E-state index contributed by atoms with van der Waals surface area (Å²) >= 11 is 0. The van der Waals surface area contributed by atoms with Crippen molar-refractivity contribution in [2.24, 2.45) is 0 Å². The second kappa shape index (κ2) is 8.68. The molecule has 8 nitrogen and oxygen atoms in total. The zero-order valence-corrected chi connectivity index (χ0v) is 18.5. The third-order valence-corrected chi connectivity index (χ3v) is 7.09. The Morgan fingerprint density at radius 2 is 1.82 bits per heavy atom. The van der Waals surface area contributed by atoms with Crippen LogP contribution in [0.5, 0.6) is 0 Å². The van der Waals surface area contributed by atoms with Gasteiger partial charge < -0.3 is 14.9 Å². The molecule has 0 aliphatic carbocycles. The van der Waals surface area contributed by atoms with E-state index in [2.05, 4.69) is 39.5 Å². The van der Waals surface area contributed by atoms with Crippen LogP contribution in [0.2, 0.25) is 0 Å². The number of likely N-dealkylation sites (tertiary alicyclic amines) is 1. The number of benzene rings is 1. The summed E-state index contributed by atoms with van der Waals surface area (Å²) in [6, 6.07) is 13.2. The van der Waals surface area contributed by atoms with Crippen LogP contribution in [-0.2, 0) is 28.2 Å². The van der Waals surface area contributed by atoms with Crippen molar-refractivity contribution in [3.8, 4) is 0 Å². The van der Waals surface area contributed by atoms with Crippen LogP contribution in [0.25, 0.3) is 0 Å². The first-order valence-corrected chi connectivity index (χ1v) is 11.6. The van der Waals surface area contributed by atoms with Crippen molar-refractivity contribution in [2.45, 2.75) is 50.3 Å². The molecule has 2 aromatic rings. The number of aliphatic hydroxyl groups is 1. The maximum Gasteiger partial charge on any atom is 0.256 e. The summed E-state index contributed by atoms with van der Waals surface area (Å²) in [6.07, 6.45) is 2.68. The second-order valence-corrected chi connectivity index (χ2v) is 9.20. The standard InChI is InChI=1S/C25H28N4O4/c30-22-9-7-20(23(31)27-22)29-16-19-18(24(29)32)6-8-21(26-19)25(33)11-14-28(15-12-25)13-10-17-4-2-1-3-5-17/h1-6,8,20,33H,7,9-16H2,(H,27,30,31). The lowest BCUT2D eigenvalue weighted by Crippen LogP contribution is -2.52. The van der Waals surface area contributed by atoms with Gasteiger partial charge in [-0.25, -0.2) is 0 Å². The molecule has 0 saturated carbocycles. The molecule has 2 saturated heterocycles. The van der Waals surface area contributed by atoms with E-state index < -0.39 is 17.6 Å². The SMILES string of the molecule is O=C1CCC(N2Cc3nc(C4(O)CCN(CCc5ccccc5)CC4)ccc3C2=O)C(=O)N1. The van der Waals surface area contributed by atoms with Gasteiger partial charge in [-0.15, -0.1) is 0 Å². The van der Waals surface area contributed by atoms with Gasteiger partial charge in [0.05, 0.1) is 23.5 Å². The van der Waals surface area contributed by atoms with E-state index in [0.717, 1.165) is 26.1 Å². The number of nitrogens with zero attached hydrogens (tertiary/aromatic N) is 3.